The molecule has 0 spiro atoms. The van der Waals surface area contributed by atoms with E-state index in [4.69, 9.17) is 0 Å². The molecule has 10 heavy (non-hydrogen) atoms. The number of rotatable bonds is 1. The monoisotopic (exact) mass is 789 g/mol. The van der Waals surface area contributed by atoms with Gasteiger partial charge in [0.25, 0.3) is 0 Å². The molecular formula is C3H7I4NOPb. The van der Waals surface area contributed by atoms with Crippen molar-refractivity contribution in [3.05, 3.63) is 0 Å². The van der Waals surface area contributed by atoms with Crippen molar-refractivity contribution >= 4 is 81.5 Å². The molecule has 0 heterocycles. The van der Waals surface area contributed by atoms with Gasteiger partial charge in [-0.25, -0.2) is 0 Å². The summed E-state index contributed by atoms with van der Waals surface area (Å²) >= 11 is 10.2. The van der Waals surface area contributed by atoms with E-state index in [1.807, 2.05) is 0 Å². The van der Waals surface area contributed by atoms with Crippen LogP contribution in [0.5, 0.6) is 0 Å². The molecule has 0 atom stereocenters. The molecule has 0 fully saturated rings. The van der Waals surface area contributed by atoms with Crippen LogP contribution in [0.4, 0.5) is 0 Å². The van der Waals surface area contributed by atoms with Crippen molar-refractivity contribution in [2.75, 3.05) is 14.1 Å². The summed E-state index contributed by atoms with van der Waals surface area (Å²) in [6.07, 6.45) is 0.750. The summed E-state index contributed by atoms with van der Waals surface area (Å²) in [7, 11) is 3.38. The van der Waals surface area contributed by atoms with E-state index >= 15 is 0 Å². The molecule has 0 aromatic carbocycles. The Morgan fingerprint density at radius 1 is 1.20 bits per heavy atom. The fraction of sp³-hybridized carbons (Fsp3) is 0.667. The van der Waals surface area contributed by atoms with Crippen LogP contribution in [0.1, 0.15) is 0 Å². The number of carbonyl (C=O) groups is 1. The van der Waals surface area contributed by atoms with E-state index < -0.39 is 4.00 Å². The fourth-order valence-electron chi connectivity index (χ4n) is 0. The van der Waals surface area contributed by atoms with Crippen LogP contribution >= 0.6 is 71.0 Å². The molecule has 0 aliphatic heterocycles. The van der Waals surface area contributed by atoms with E-state index in [0.717, 1.165) is 6.41 Å². The second kappa shape index (κ2) is 8.89. The number of hydrogen-bond donors (Lipinski definition) is 0. The normalized spacial score (nSPS) is 9.40. The predicted molar refractivity (Wildman–Crippen MR) is 81.6 cm³/mol. The van der Waals surface area contributed by atoms with Crippen molar-refractivity contribution in [2.24, 2.45) is 0 Å². The van der Waals surface area contributed by atoms with Crippen LogP contribution in [0, 0.1) is 0 Å². The molecule has 1 amide bonds. The molecular weight excluding hydrogens is 781 g/mol. The third-order valence-corrected chi connectivity index (χ3v) is 0.211. The van der Waals surface area contributed by atoms with Gasteiger partial charge >= 0.3 is 75.0 Å². The zero-order valence-electron chi connectivity index (χ0n) is 5.44. The Hall–Kier alpha value is 3.31. The van der Waals surface area contributed by atoms with Crippen molar-refractivity contribution < 1.29 is 4.79 Å². The number of amides is 1. The predicted octanol–water partition coefficient (Wildman–Crippen LogP) is 2.87. The molecule has 2 nitrogen and oxygen atoms in total. The van der Waals surface area contributed by atoms with Gasteiger partial charge in [0.1, 0.15) is 0 Å². The first-order chi connectivity index (χ1) is 4.27. The Kier molecular flexibility index (Phi) is 14.0. The van der Waals surface area contributed by atoms with Crippen LogP contribution in [0.15, 0.2) is 0 Å². The Labute approximate surface area is 102 Å². The quantitative estimate of drug-likeness (QED) is 0.228. The minimum atomic E-state index is -1.40. The molecule has 0 unspecified atom stereocenters. The molecule has 0 rings (SSSR count). The van der Waals surface area contributed by atoms with Crippen LogP contribution < -0.4 is 0 Å². The van der Waals surface area contributed by atoms with Crippen molar-refractivity contribution in [2.45, 2.75) is 0 Å². The first-order valence-corrected chi connectivity index (χ1v) is 45.9. The zero-order chi connectivity index (χ0) is 8.78. The van der Waals surface area contributed by atoms with Crippen LogP contribution in [-0.4, -0.2) is 29.4 Å². The molecule has 0 radical (unpaired) electrons. The average molecular weight is 788 g/mol. The molecule has 62 valence electrons. The maximum atomic E-state index is 9.43. The van der Waals surface area contributed by atoms with Gasteiger partial charge in [-0.15, -0.1) is 0 Å². The number of nitrogens with zero attached hydrogens (tertiary/aromatic N) is 1. The van der Waals surface area contributed by atoms with E-state index in [1.165, 1.54) is 4.90 Å². The second-order valence-corrected chi connectivity index (χ2v) is 170. The molecule has 0 saturated carbocycles. The van der Waals surface area contributed by atoms with Gasteiger partial charge in [-0.3, -0.25) is 4.79 Å². The van der Waals surface area contributed by atoms with E-state index in [0.29, 0.717) is 0 Å². The van der Waals surface area contributed by atoms with Crippen molar-refractivity contribution in [1.29, 1.82) is 0 Å². The third-order valence-electron chi connectivity index (χ3n) is 0.211. The van der Waals surface area contributed by atoms with Gasteiger partial charge in [-0.05, 0) is 0 Å². The number of halogens is 4. The minimum absolute atomic E-state index is 0.750. The Morgan fingerprint density at radius 2 is 1.30 bits per heavy atom. The molecule has 0 N–H and O–H groups in total. The van der Waals surface area contributed by atoms with Gasteiger partial charge in [0, 0.05) is 14.1 Å². The van der Waals surface area contributed by atoms with Crippen LogP contribution in [-0.2, 0) is 4.79 Å². The zero-order valence-corrected chi connectivity index (χ0v) is 18.0. The second-order valence-electron chi connectivity index (χ2n) is 1.50. The van der Waals surface area contributed by atoms with Crippen LogP contribution in [0.3, 0.4) is 0 Å². The molecule has 0 aromatic heterocycles. The van der Waals surface area contributed by atoms with Gasteiger partial charge in [0.15, 0.2) is 0 Å². The maximum absolute atomic E-state index is 9.43. The summed E-state index contributed by atoms with van der Waals surface area (Å²) in [5.74, 6) is 0. The first-order valence-electron chi connectivity index (χ1n) is 2.14. The molecule has 0 saturated heterocycles. The topological polar surface area (TPSA) is 20.3 Å². The summed E-state index contributed by atoms with van der Waals surface area (Å²) in [6.45, 7) is 0. The molecule has 0 bridgehead atoms. The Morgan fingerprint density at radius 3 is 1.30 bits per heavy atom. The number of hydrogen-bond acceptors (Lipinski definition) is 1. The van der Waals surface area contributed by atoms with Crippen LogP contribution in [0.25, 0.3) is 0 Å². The summed E-state index contributed by atoms with van der Waals surface area (Å²) < 4.78 is -1.40. The molecule has 0 aliphatic rings. The van der Waals surface area contributed by atoms with Gasteiger partial charge < -0.3 is 4.90 Å². The third kappa shape index (κ3) is 42.6. The van der Waals surface area contributed by atoms with E-state index in [9.17, 15) is 4.79 Å². The van der Waals surface area contributed by atoms with E-state index in [1.54, 1.807) is 14.1 Å². The summed E-state index contributed by atoms with van der Waals surface area (Å²) in [5.41, 5.74) is 0. The van der Waals surface area contributed by atoms with Gasteiger partial charge in [-0.1, -0.05) is 0 Å². The summed E-state index contributed by atoms with van der Waals surface area (Å²) in [6, 6.07) is 0. The van der Waals surface area contributed by atoms with Crippen molar-refractivity contribution in [3.8, 4) is 0 Å². The van der Waals surface area contributed by atoms with Crippen molar-refractivity contribution in [1.82, 2.24) is 4.90 Å². The fourth-order valence-corrected chi connectivity index (χ4v) is 0. The van der Waals surface area contributed by atoms with E-state index in [2.05, 4.69) is 71.0 Å². The molecule has 0 aromatic rings. The summed E-state index contributed by atoms with van der Waals surface area (Å²) in [4.78, 5) is 10.9. The standard InChI is InChI=1S/C3H7NO.4HI.Pb/c1-4(2)3-5;;;;;/h3H,1-2H3;4*1H;/q;;;;;+4/p-4. The number of carbonyl (C=O) groups excluding carboxylic acids is 1. The van der Waals surface area contributed by atoms with Crippen molar-refractivity contribution in [3.63, 3.8) is 0 Å². The molecule has 0 aliphatic carbocycles. The summed E-state index contributed by atoms with van der Waals surface area (Å²) in [5, 5.41) is 0. The SMILES string of the molecule is CN(C)C=O.[I][Pb]([I])([I])[I]. The molecule has 7 heteroatoms. The van der Waals surface area contributed by atoms with E-state index in [-0.39, 0.29) is 0 Å². The Bertz CT molecular complexity index is 87.0. The Balaban J connectivity index is 0. The van der Waals surface area contributed by atoms with Gasteiger partial charge in [0.05, 0.1) is 0 Å². The first kappa shape index (κ1) is 15.8. The average Bonchev–Trinajstić information content (AvgIpc) is 1.61. The van der Waals surface area contributed by atoms with Gasteiger partial charge in [0.2, 0.25) is 6.41 Å². The van der Waals surface area contributed by atoms with Gasteiger partial charge in [-0.2, -0.15) is 0 Å². The van der Waals surface area contributed by atoms with Crippen LogP contribution in [0.2, 0.25) is 0 Å².